The Bertz CT molecular complexity index is 535. The predicted octanol–water partition coefficient (Wildman–Crippen LogP) is 2.38. The lowest BCUT2D eigenvalue weighted by Gasteiger charge is -2.32. The Morgan fingerprint density at radius 2 is 1.96 bits per heavy atom. The lowest BCUT2D eigenvalue weighted by atomic mass is 10.1. The summed E-state index contributed by atoms with van der Waals surface area (Å²) in [7, 11) is 1.71. The van der Waals surface area contributed by atoms with Crippen LogP contribution in [0.2, 0.25) is 0 Å². The van der Waals surface area contributed by atoms with Gasteiger partial charge in [0.15, 0.2) is 11.5 Å². The minimum absolute atomic E-state index is 0. The van der Waals surface area contributed by atoms with E-state index in [1.54, 1.807) is 7.11 Å². The molecule has 0 aromatic heterocycles. The van der Waals surface area contributed by atoms with Gasteiger partial charge in [-0.05, 0) is 26.3 Å². The second-order valence-electron chi connectivity index (χ2n) is 7.08. The van der Waals surface area contributed by atoms with Crippen molar-refractivity contribution < 1.29 is 9.47 Å². The number of hydrogen-bond donors (Lipinski definition) is 1. The van der Waals surface area contributed by atoms with E-state index in [-0.39, 0.29) is 18.5 Å². The molecule has 142 valence electrons. The first-order chi connectivity index (χ1) is 11.7. The summed E-state index contributed by atoms with van der Waals surface area (Å²) < 4.78 is 11.6. The minimum Gasteiger partial charge on any atom is -0.493 e. The van der Waals surface area contributed by atoms with E-state index in [2.05, 4.69) is 41.1 Å². The van der Waals surface area contributed by atoms with E-state index in [9.17, 15) is 0 Å². The van der Waals surface area contributed by atoms with Crippen molar-refractivity contribution in [3.05, 3.63) is 23.8 Å². The maximum Gasteiger partial charge on any atom is 0.166 e. The molecule has 2 heterocycles. The molecular weight excluding hydrogens is 338 g/mol. The summed E-state index contributed by atoms with van der Waals surface area (Å²) in [5, 5.41) is 3.44. The van der Waals surface area contributed by atoms with Crippen molar-refractivity contribution in [2.75, 3.05) is 46.4 Å². The number of nitrogens with one attached hydrogen (secondary N) is 1. The molecule has 3 rings (SSSR count). The van der Waals surface area contributed by atoms with Crippen molar-refractivity contribution in [1.82, 2.24) is 15.1 Å². The van der Waals surface area contributed by atoms with E-state index in [1.165, 1.54) is 25.1 Å². The highest BCUT2D eigenvalue weighted by molar-refractivity contribution is 5.85. The average Bonchev–Trinajstić information content (AvgIpc) is 3.05. The van der Waals surface area contributed by atoms with Crippen molar-refractivity contribution in [2.45, 2.75) is 39.0 Å². The predicted molar refractivity (Wildman–Crippen MR) is 104 cm³/mol. The summed E-state index contributed by atoms with van der Waals surface area (Å²) in [4.78, 5) is 5.20. The SMILES string of the molecule is COc1cccc(CN2CCC(N3CCNCC3)C2)c1OC(C)C.Cl. The number of piperazine rings is 1. The van der Waals surface area contributed by atoms with E-state index in [0.717, 1.165) is 44.2 Å². The molecule has 5 nitrogen and oxygen atoms in total. The van der Waals surface area contributed by atoms with Gasteiger partial charge in [0.25, 0.3) is 0 Å². The van der Waals surface area contributed by atoms with E-state index in [1.807, 2.05) is 6.07 Å². The third-order valence-electron chi connectivity index (χ3n) is 4.94. The van der Waals surface area contributed by atoms with Crippen LogP contribution in [0, 0.1) is 0 Å². The maximum atomic E-state index is 6.05. The number of nitrogens with zero attached hydrogens (tertiary/aromatic N) is 2. The molecule has 25 heavy (non-hydrogen) atoms. The molecule has 2 fully saturated rings. The zero-order chi connectivity index (χ0) is 16.9. The van der Waals surface area contributed by atoms with Crippen LogP contribution in [0.15, 0.2) is 18.2 Å². The van der Waals surface area contributed by atoms with E-state index in [0.29, 0.717) is 6.04 Å². The summed E-state index contributed by atoms with van der Waals surface area (Å²) in [5.74, 6) is 1.74. The first-order valence-electron chi connectivity index (χ1n) is 9.17. The number of benzene rings is 1. The quantitative estimate of drug-likeness (QED) is 0.833. The lowest BCUT2D eigenvalue weighted by molar-refractivity contribution is 0.169. The Hall–Kier alpha value is -1.01. The molecule has 0 spiro atoms. The van der Waals surface area contributed by atoms with Crippen LogP contribution in [0.4, 0.5) is 0 Å². The smallest absolute Gasteiger partial charge is 0.166 e. The van der Waals surface area contributed by atoms with Gasteiger partial charge in [-0.15, -0.1) is 12.4 Å². The van der Waals surface area contributed by atoms with Crippen LogP contribution >= 0.6 is 12.4 Å². The second-order valence-corrected chi connectivity index (χ2v) is 7.08. The average molecular weight is 370 g/mol. The van der Waals surface area contributed by atoms with E-state index < -0.39 is 0 Å². The number of rotatable bonds is 6. The highest BCUT2D eigenvalue weighted by Crippen LogP contribution is 2.33. The van der Waals surface area contributed by atoms with Crippen LogP contribution in [-0.4, -0.2) is 68.3 Å². The van der Waals surface area contributed by atoms with Crippen molar-refractivity contribution in [3.8, 4) is 11.5 Å². The number of hydrogen-bond acceptors (Lipinski definition) is 5. The topological polar surface area (TPSA) is 37.0 Å². The molecule has 0 bridgehead atoms. The van der Waals surface area contributed by atoms with Gasteiger partial charge in [-0.3, -0.25) is 9.80 Å². The Balaban J connectivity index is 0.00000225. The zero-order valence-corrected chi connectivity index (χ0v) is 16.5. The summed E-state index contributed by atoms with van der Waals surface area (Å²) >= 11 is 0. The molecule has 0 saturated carbocycles. The molecule has 1 aromatic rings. The second kappa shape index (κ2) is 9.62. The molecule has 0 amide bonds. The molecule has 1 N–H and O–H groups in total. The van der Waals surface area contributed by atoms with Gasteiger partial charge < -0.3 is 14.8 Å². The number of likely N-dealkylation sites (tertiary alicyclic amines) is 1. The summed E-state index contributed by atoms with van der Waals surface area (Å²) in [5.41, 5.74) is 1.23. The van der Waals surface area contributed by atoms with Gasteiger partial charge in [0.1, 0.15) is 0 Å². The Labute approximate surface area is 158 Å². The van der Waals surface area contributed by atoms with Crippen LogP contribution in [0.5, 0.6) is 11.5 Å². The first kappa shape index (κ1) is 20.3. The van der Waals surface area contributed by atoms with Gasteiger partial charge in [0.2, 0.25) is 0 Å². The number of methoxy groups -OCH3 is 1. The lowest BCUT2D eigenvalue weighted by Crippen LogP contribution is -2.49. The van der Waals surface area contributed by atoms with Gasteiger partial charge in [0, 0.05) is 57.4 Å². The molecule has 2 aliphatic rings. The van der Waals surface area contributed by atoms with Crippen LogP contribution in [-0.2, 0) is 6.54 Å². The molecule has 1 unspecified atom stereocenters. The van der Waals surface area contributed by atoms with Crippen LogP contribution < -0.4 is 14.8 Å². The molecule has 0 radical (unpaired) electrons. The number of para-hydroxylation sites is 1. The van der Waals surface area contributed by atoms with Gasteiger partial charge in [-0.1, -0.05) is 12.1 Å². The van der Waals surface area contributed by atoms with Crippen LogP contribution in [0.1, 0.15) is 25.8 Å². The van der Waals surface area contributed by atoms with Gasteiger partial charge in [-0.25, -0.2) is 0 Å². The minimum atomic E-state index is 0. The Morgan fingerprint density at radius 3 is 2.64 bits per heavy atom. The molecular formula is C19H32ClN3O2. The normalized spacial score (nSPS) is 22.0. The van der Waals surface area contributed by atoms with E-state index >= 15 is 0 Å². The first-order valence-corrected chi connectivity index (χ1v) is 9.17. The fourth-order valence-corrected chi connectivity index (χ4v) is 3.76. The largest absolute Gasteiger partial charge is 0.493 e. The number of halogens is 1. The van der Waals surface area contributed by atoms with Crippen molar-refractivity contribution in [1.29, 1.82) is 0 Å². The maximum absolute atomic E-state index is 6.05. The van der Waals surface area contributed by atoms with Crippen molar-refractivity contribution in [2.24, 2.45) is 0 Å². The third-order valence-corrected chi connectivity index (χ3v) is 4.94. The molecule has 1 aromatic carbocycles. The molecule has 0 aliphatic carbocycles. The fourth-order valence-electron chi connectivity index (χ4n) is 3.76. The number of ether oxygens (including phenoxy) is 2. The van der Waals surface area contributed by atoms with Crippen molar-refractivity contribution in [3.63, 3.8) is 0 Å². The molecule has 6 heteroatoms. The van der Waals surface area contributed by atoms with E-state index in [4.69, 9.17) is 9.47 Å². The highest BCUT2D eigenvalue weighted by atomic mass is 35.5. The van der Waals surface area contributed by atoms with Crippen LogP contribution in [0.25, 0.3) is 0 Å². The van der Waals surface area contributed by atoms with Crippen molar-refractivity contribution >= 4 is 12.4 Å². The zero-order valence-electron chi connectivity index (χ0n) is 15.7. The summed E-state index contributed by atoms with van der Waals surface area (Å²) in [6.45, 7) is 12.0. The Morgan fingerprint density at radius 1 is 1.20 bits per heavy atom. The third kappa shape index (κ3) is 5.23. The molecule has 1 atom stereocenters. The highest BCUT2D eigenvalue weighted by Gasteiger charge is 2.29. The van der Waals surface area contributed by atoms with Gasteiger partial charge in [0.05, 0.1) is 13.2 Å². The molecule has 2 saturated heterocycles. The Kier molecular flexibility index (Phi) is 7.81. The standard InChI is InChI=1S/C19H31N3O2.ClH/c1-15(2)24-19-16(5-4-6-18(19)23-3)13-21-10-7-17(14-21)22-11-8-20-9-12-22;/h4-6,15,17,20H,7-14H2,1-3H3;1H. The monoisotopic (exact) mass is 369 g/mol. The molecule has 2 aliphatic heterocycles. The summed E-state index contributed by atoms with van der Waals surface area (Å²) in [6.07, 6.45) is 1.41. The van der Waals surface area contributed by atoms with Crippen LogP contribution in [0.3, 0.4) is 0 Å². The van der Waals surface area contributed by atoms with Gasteiger partial charge in [-0.2, -0.15) is 0 Å². The van der Waals surface area contributed by atoms with Gasteiger partial charge >= 0.3 is 0 Å². The fraction of sp³-hybridized carbons (Fsp3) is 0.684. The summed E-state index contributed by atoms with van der Waals surface area (Å²) in [6, 6.07) is 6.91.